The Hall–Kier alpha value is -1.62. The molecular formula is C14H22N4O. The van der Waals surface area contributed by atoms with Crippen LogP contribution in [0.3, 0.4) is 0 Å². The van der Waals surface area contributed by atoms with Crippen molar-refractivity contribution in [3.05, 3.63) is 18.5 Å². The number of nitrogens with two attached hydrogens (primary N) is 1. The minimum atomic E-state index is -0.473. The highest BCUT2D eigenvalue weighted by atomic mass is 16.2. The number of rotatable bonds is 3. The van der Waals surface area contributed by atoms with Gasteiger partial charge in [0.15, 0.2) is 0 Å². The average molecular weight is 262 g/mol. The average Bonchev–Trinajstić information content (AvgIpc) is 2.71. The van der Waals surface area contributed by atoms with E-state index >= 15 is 0 Å². The molecule has 2 unspecified atom stereocenters. The normalized spacial score (nSPS) is 26.2. The number of aromatic nitrogens is 1. The van der Waals surface area contributed by atoms with E-state index in [2.05, 4.69) is 10.3 Å². The van der Waals surface area contributed by atoms with E-state index in [-0.39, 0.29) is 11.9 Å². The Bertz CT molecular complexity index is 474. The van der Waals surface area contributed by atoms with E-state index in [0.717, 1.165) is 30.6 Å². The quantitative estimate of drug-likeness (QED) is 0.868. The summed E-state index contributed by atoms with van der Waals surface area (Å²) in [6.07, 6.45) is 6.17. The van der Waals surface area contributed by atoms with Crippen molar-refractivity contribution >= 4 is 17.3 Å². The topological polar surface area (TPSA) is 71.2 Å². The number of hydrogen-bond acceptors (Lipinski definition) is 4. The minimum Gasteiger partial charge on any atom is -0.376 e. The first-order chi connectivity index (χ1) is 8.95. The van der Waals surface area contributed by atoms with Gasteiger partial charge in [-0.05, 0) is 25.8 Å². The second-order valence-corrected chi connectivity index (χ2v) is 5.66. The van der Waals surface area contributed by atoms with Crippen molar-refractivity contribution in [2.75, 3.05) is 24.3 Å². The zero-order chi connectivity index (χ0) is 14.0. The number of hydrogen-bond donors (Lipinski definition) is 2. The van der Waals surface area contributed by atoms with Crippen molar-refractivity contribution in [2.24, 2.45) is 11.1 Å². The van der Waals surface area contributed by atoms with Gasteiger partial charge >= 0.3 is 0 Å². The van der Waals surface area contributed by atoms with E-state index in [0.29, 0.717) is 0 Å². The molecule has 0 bridgehead atoms. The molecule has 0 aliphatic heterocycles. The number of amides is 1. The Morgan fingerprint density at radius 1 is 1.58 bits per heavy atom. The molecule has 1 aliphatic rings. The molecule has 0 saturated heterocycles. The fourth-order valence-electron chi connectivity index (χ4n) is 2.61. The van der Waals surface area contributed by atoms with Gasteiger partial charge in [-0.2, -0.15) is 0 Å². The maximum Gasteiger partial charge on any atom is 0.231 e. The molecule has 1 aromatic heterocycles. The molecule has 104 valence electrons. The van der Waals surface area contributed by atoms with Crippen LogP contribution in [0.15, 0.2) is 18.5 Å². The number of carbonyl (C=O) groups excluding carboxylic acids is 1. The molecular weight excluding hydrogens is 240 g/mol. The van der Waals surface area contributed by atoms with Crippen molar-refractivity contribution in [1.82, 2.24) is 4.98 Å². The molecule has 1 fully saturated rings. The molecule has 1 saturated carbocycles. The van der Waals surface area contributed by atoms with E-state index < -0.39 is 5.41 Å². The number of nitrogens with zero attached hydrogens (tertiary/aromatic N) is 2. The molecule has 2 rings (SSSR count). The van der Waals surface area contributed by atoms with E-state index in [1.807, 2.05) is 32.0 Å². The summed E-state index contributed by atoms with van der Waals surface area (Å²) in [5, 5.41) is 2.98. The van der Waals surface area contributed by atoms with Crippen LogP contribution in [-0.4, -0.2) is 31.0 Å². The van der Waals surface area contributed by atoms with Crippen molar-refractivity contribution in [3.8, 4) is 0 Å². The van der Waals surface area contributed by atoms with Crippen LogP contribution in [0.25, 0.3) is 0 Å². The lowest BCUT2D eigenvalue weighted by Gasteiger charge is -2.28. The Balaban J connectivity index is 2.20. The van der Waals surface area contributed by atoms with Crippen LogP contribution in [0.5, 0.6) is 0 Å². The van der Waals surface area contributed by atoms with Crippen LogP contribution in [0, 0.1) is 5.41 Å². The summed E-state index contributed by atoms with van der Waals surface area (Å²) in [4.78, 5) is 18.5. The van der Waals surface area contributed by atoms with E-state index in [1.54, 1.807) is 12.4 Å². The van der Waals surface area contributed by atoms with Gasteiger partial charge in [0.05, 0.1) is 23.0 Å². The van der Waals surface area contributed by atoms with Crippen LogP contribution in [0.4, 0.5) is 11.4 Å². The summed E-state index contributed by atoms with van der Waals surface area (Å²) in [6, 6.07) is 1.82. The third-order valence-corrected chi connectivity index (χ3v) is 4.08. The molecule has 2 atom stereocenters. The zero-order valence-electron chi connectivity index (χ0n) is 11.8. The van der Waals surface area contributed by atoms with Crippen molar-refractivity contribution < 1.29 is 4.79 Å². The molecule has 5 heteroatoms. The fourth-order valence-corrected chi connectivity index (χ4v) is 2.61. The number of carbonyl (C=O) groups is 1. The van der Waals surface area contributed by atoms with E-state index in [1.165, 1.54) is 0 Å². The lowest BCUT2D eigenvalue weighted by atomic mass is 9.84. The number of nitrogens with one attached hydrogen (secondary N) is 1. The van der Waals surface area contributed by atoms with Gasteiger partial charge in [0.2, 0.25) is 5.91 Å². The van der Waals surface area contributed by atoms with Crippen LogP contribution < -0.4 is 16.0 Å². The second-order valence-electron chi connectivity index (χ2n) is 5.66. The third kappa shape index (κ3) is 2.56. The molecule has 0 aromatic carbocycles. The van der Waals surface area contributed by atoms with Crippen LogP contribution >= 0.6 is 0 Å². The number of pyridine rings is 1. The Morgan fingerprint density at radius 2 is 2.32 bits per heavy atom. The highest BCUT2D eigenvalue weighted by Crippen LogP contribution is 2.38. The second kappa shape index (κ2) is 5.17. The largest absolute Gasteiger partial charge is 0.376 e. The summed E-state index contributed by atoms with van der Waals surface area (Å²) < 4.78 is 0. The van der Waals surface area contributed by atoms with Gasteiger partial charge in [0.1, 0.15) is 0 Å². The minimum absolute atomic E-state index is 0.00593. The summed E-state index contributed by atoms with van der Waals surface area (Å²) in [5.74, 6) is -0.00593. The standard InChI is InChI=1S/C14H22N4O/c1-14(7-4-5-12(14)15)13(19)17-10-9-16-8-6-11(10)18(2)3/h6,8-9,12H,4-5,7,15H2,1-3H3,(H,17,19). The van der Waals surface area contributed by atoms with Crippen molar-refractivity contribution in [3.63, 3.8) is 0 Å². The van der Waals surface area contributed by atoms with Crippen molar-refractivity contribution in [2.45, 2.75) is 32.2 Å². The summed E-state index contributed by atoms with van der Waals surface area (Å²) >= 11 is 0. The van der Waals surface area contributed by atoms with Crippen LogP contribution in [-0.2, 0) is 4.79 Å². The Kier molecular flexibility index (Phi) is 3.75. The van der Waals surface area contributed by atoms with Gasteiger partial charge < -0.3 is 16.0 Å². The molecule has 1 heterocycles. The first-order valence-electron chi connectivity index (χ1n) is 6.63. The lowest BCUT2D eigenvalue weighted by Crippen LogP contribution is -2.44. The zero-order valence-corrected chi connectivity index (χ0v) is 11.8. The van der Waals surface area contributed by atoms with Gasteiger partial charge in [0, 0.05) is 26.3 Å². The van der Waals surface area contributed by atoms with Gasteiger partial charge in [-0.25, -0.2) is 0 Å². The maximum atomic E-state index is 12.5. The maximum absolute atomic E-state index is 12.5. The third-order valence-electron chi connectivity index (χ3n) is 4.08. The monoisotopic (exact) mass is 262 g/mol. The molecule has 1 aromatic rings. The predicted molar refractivity (Wildman–Crippen MR) is 77.1 cm³/mol. The summed E-state index contributed by atoms with van der Waals surface area (Å²) in [7, 11) is 3.88. The first kappa shape index (κ1) is 13.8. The molecule has 0 radical (unpaired) electrons. The van der Waals surface area contributed by atoms with Gasteiger partial charge in [-0.15, -0.1) is 0 Å². The SMILES string of the molecule is CN(C)c1ccncc1NC(=O)C1(C)CCCC1N. The summed E-state index contributed by atoms with van der Waals surface area (Å²) in [5.41, 5.74) is 7.28. The summed E-state index contributed by atoms with van der Waals surface area (Å²) in [6.45, 7) is 1.95. The molecule has 1 aliphatic carbocycles. The molecule has 0 spiro atoms. The fraction of sp³-hybridized carbons (Fsp3) is 0.571. The van der Waals surface area contributed by atoms with E-state index in [9.17, 15) is 4.79 Å². The Labute approximate surface area is 114 Å². The first-order valence-corrected chi connectivity index (χ1v) is 6.63. The highest BCUT2D eigenvalue weighted by molar-refractivity contribution is 5.98. The van der Waals surface area contributed by atoms with Crippen molar-refractivity contribution in [1.29, 1.82) is 0 Å². The van der Waals surface area contributed by atoms with Gasteiger partial charge in [-0.1, -0.05) is 6.42 Å². The Morgan fingerprint density at radius 3 is 2.89 bits per heavy atom. The van der Waals surface area contributed by atoms with Gasteiger partial charge in [0.25, 0.3) is 0 Å². The molecule has 1 amide bonds. The highest BCUT2D eigenvalue weighted by Gasteiger charge is 2.43. The number of anilines is 2. The van der Waals surface area contributed by atoms with E-state index in [4.69, 9.17) is 5.73 Å². The molecule has 19 heavy (non-hydrogen) atoms. The molecule has 5 nitrogen and oxygen atoms in total. The lowest BCUT2D eigenvalue weighted by molar-refractivity contribution is -0.125. The van der Waals surface area contributed by atoms with Crippen LogP contribution in [0.2, 0.25) is 0 Å². The van der Waals surface area contributed by atoms with Crippen LogP contribution in [0.1, 0.15) is 26.2 Å². The van der Waals surface area contributed by atoms with Gasteiger partial charge in [-0.3, -0.25) is 9.78 Å². The predicted octanol–water partition coefficient (Wildman–Crippen LogP) is 1.60. The molecule has 3 N–H and O–H groups in total. The smallest absolute Gasteiger partial charge is 0.231 e.